The fourth-order valence-electron chi connectivity index (χ4n) is 3.01. The minimum atomic E-state index is -4.50. The molecule has 1 aromatic heterocycles. The molecule has 6 nitrogen and oxygen atoms in total. The standard InChI is InChI=1S/C19H24F3N3O3S/c1-18(2,3)16-12-23-17(28-16)13-24-8-10-25(11-9-24)29(26,27)15-6-4-14(5-7-15)19(20,21)22/h4-7,12H,8-11,13H2,1-3H3. The Bertz CT molecular complexity index is 940. The average Bonchev–Trinajstić information content (AvgIpc) is 3.10. The number of hydrogen-bond donors (Lipinski definition) is 0. The van der Waals surface area contributed by atoms with Crippen molar-refractivity contribution in [3.8, 4) is 0 Å². The van der Waals surface area contributed by atoms with Gasteiger partial charge in [-0.3, -0.25) is 4.90 Å². The van der Waals surface area contributed by atoms with Crippen molar-refractivity contribution in [3.63, 3.8) is 0 Å². The van der Waals surface area contributed by atoms with E-state index in [0.29, 0.717) is 25.5 Å². The van der Waals surface area contributed by atoms with Gasteiger partial charge >= 0.3 is 6.18 Å². The van der Waals surface area contributed by atoms with Crippen LogP contribution in [0.2, 0.25) is 0 Å². The van der Waals surface area contributed by atoms with Gasteiger partial charge in [0.2, 0.25) is 15.9 Å². The number of halogens is 3. The van der Waals surface area contributed by atoms with Gasteiger partial charge in [-0.1, -0.05) is 20.8 Å². The lowest BCUT2D eigenvalue weighted by molar-refractivity contribution is -0.137. The number of alkyl halides is 3. The van der Waals surface area contributed by atoms with Gasteiger partial charge in [0.1, 0.15) is 5.76 Å². The Balaban J connectivity index is 1.61. The van der Waals surface area contributed by atoms with E-state index in [9.17, 15) is 21.6 Å². The summed E-state index contributed by atoms with van der Waals surface area (Å²) in [6.45, 7) is 8.02. The molecule has 1 aliphatic heterocycles. The predicted molar refractivity (Wildman–Crippen MR) is 101 cm³/mol. The molecule has 1 fully saturated rings. The Kier molecular flexibility index (Phi) is 5.81. The lowest BCUT2D eigenvalue weighted by Crippen LogP contribution is -2.48. The maximum absolute atomic E-state index is 12.7. The van der Waals surface area contributed by atoms with E-state index in [0.717, 1.165) is 30.0 Å². The van der Waals surface area contributed by atoms with E-state index in [1.165, 1.54) is 4.31 Å². The Labute approximate surface area is 168 Å². The van der Waals surface area contributed by atoms with Crippen molar-refractivity contribution in [1.82, 2.24) is 14.2 Å². The fraction of sp³-hybridized carbons (Fsp3) is 0.526. The van der Waals surface area contributed by atoms with Crippen LogP contribution < -0.4 is 0 Å². The zero-order chi connectivity index (χ0) is 21.4. The number of rotatable bonds is 4. The predicted octanol–water partition coefficient (Wildman–Crippen LogP) is 3.50. The number of sulfonamides is 1. The van der Waals surface area contributed by atoms with Crippen LogP contribution in [0.15, 0.2) is 39.8 Å². The topological polar surface area (TPSA) is 66.7 Å². The lowest BCUT2D eigenvalue weighted by atomic mass is 9.94. The van der Waals surface area contributed by atoms with Crippen molar-refractivity contribution in [2.24, 2.45) is 0 Å². The minimum Gasteiger partial charge on any atom is -0.444 e. The Morgan fingerprint density at radius 1 is 1.03 bits per heavy atom. The summed E-state index contributed by atoms with van der Waals surface area (Å²) in [5.41, 5.74) is -1.01. The first kappa shape index (κ1) is 21.8. The van der Waals surface area contributed by atoms with Crippen LogP contribution in [-0.4, -0.2) is 48.8 Å². The van der Waals surface area contributed by atoms with Crippen molar-refractivity contribution >= 4 is 10.0 Å². The van der Waals surface area contributed by atoms with E-state index in [4.69, 9.17) is 4.42 Å². The molecule has 0 amide bonds. The van der Waals surface area contributed by atoms with Crippen molar-refractivity contribution in [2.75, 3.05) is 26.2 Å². The van der Waals surface area contributed by atoms with E-state index in [1.807, 2.05) is 25.7 Å². The van der Waals surface area contributed by atoms with Gasteiger partial charge in [-0.15, -0.1) is 0 Å². The first-order valence-electron chi connectivity index (χ1n) is 9.22. The Morgan fingerprint density at radius 2 is 1.62 bits per heavy atom. The third-order valence-electron chi connectivity index (χ3n) is 4.80. The summed E-state index contributed by atoms with van der Waals surface area (Å²) in [5, 5.41) is 0. The van der Waals surface area contributed by atoms with Gasteiger partial charge in [0.15, 0.2) is 0 Å². The van der Waals surface area contributed by atoms with Gasteiger partial charge in [0.25, 0.3) is 0 Å². The molecular formula is C19H24F3N3O3S. The second kappa shape index (κ2) is 7.73. The molecule has 1 saturated heterocycles. The Hall–Kier alpha value is -1.91. The smallest absolute Gasteiger partial charge is 0.416 e. The first-order chi connectivity index (χ1) is 13.4. The van der Waals surface area contributed by atoms with Crippen LogP contribution in [-0.2, 0) is 28.2 Å². The normalized spacial score (nSPS) is 17.6. The highest BCUT2D eigenvalue weighted by molar-refractivity contribution is 7.89. The third-order valence-corrected chi connectivity index (χ3v) is 6.72. The largest absolute Gasteiger partial charge is 0.444 e. The van der Waals surface area contributed by atoms with Crippen LogP contribution in [0, 0.1) is 0 Å². The average molecular weight is 431 g/mol. The highest BCUT2D eigenvalue weighted by Gasteiger charge is 2.33. The Morgan fingerprint density at radius 3 is 2.10 bits per heavy atom. The molecule has 0 saturated carbocycles. The summed E-state index contributed by atoms with van der Waals surface area (Å²) in [5.74, 6) is 1.37. The number of hydrogen-bond acceptors (Lipinski definition) is 5. The monoisotopic (exact) mass is 431 g/mol. The quantitative estimate of drug-likeness (QED) is 0.741. The molecule has 160 valence electrons. The zero-order valence-corrected chi connectivity index (χ0v) is 17.3. The molecule has 0 N–H and O–H groups in total. The molecule has 1 aliphatic rings. The third kappa shape index (κ3) is 4.99. The van der Waals surface area contributed by atoms with E-state index < -0.39 is 21.8 Å². The molecule has 0 bridgehead atoms. The lowest BCUT2D eigenvalue weighted by Gasteiger charge is -2.33. The van der Waals surface area contributed by atoms with E-state index in [2.05, 4.69) is 4.98 Å². The first-order valence-corrected chi connectivity index (χ1v) is 10.7. The molecule has 2 aromatic rings. The number of piperazine rings is 1. The van der Waals surface area contributed by atoms with Gasteiger partial charge < -0.3 is 4.42 Å². The van der Waals surface area contributed by atoms with Crippen LogP contribution in [0.3, 0.4) is 0 Å². The second-order valence-electron chi connectivity index (χ2n) is 8.07. The highest BCUT2D eigenvalue weighted by atomic mass is 32.2. The minimum absolute atomic E-state index is 0.138. The van der Waals surface area contributed by atoms with Crippen LogP contribution in [0.25, 0.3) is 0 Å². The molecule has 29 heavy (non-hydrogen) atoms. The molecule has 0 radical (unpaired) electrons. The maximum Gasteiger partial charge on any atom is 0.416 e. The van der Waals surface area contributed by atoms with Crippen molar-refractivity contribution in [3.05, 3.63) is 47.7 Å². The van der Waals surface area contributed by atoms with Gasteiger partial charge in [-0.2, -0.15) is 17.5 Å². The van der Waals surface area contributed by atoms with Crippen LogP contribution in [0.1, 0.15) is 38.0 Å². The molecule has 0 spiro atoms. The van der Waals surface area contributed by atoms with Gasteiger partial charge in [-0.25, -0.2) is 13.4 Å². The summed E-state index contributed by atoms with van der Waals surface area (Å²) in [7, 11) is -3.84. The second-order valence-corrected chi connectivity index (χ2v) is 10.0. The van der Waals surface area contributed by atoms with Gasteiger partial charge in [0.05, 0.1) is 23.2 Å². The van der Waals surface area contributed by atoms with Gasteiger partial charge in [0, 0.05) is 31.6 Å². The van der Waals surface area contributed by atoms with E-state index in [-0.39, 0.29) is 23.4 Å². The molecule has 0 aliphatic carbocycles. The molecule has 2 heterocycles. The SMILES string of the molecule is CC(C)(C)c1cnc(CN2CCN(S(=O)(=O)c3ccc(C(F)(F)F)cc3)CC2)o1. The fourth-order valence-corrected chi connectivity index (χ4v) is 4.44. The summed E-state index contributed by atoms with van der Waals surface area (Å²) in [6.07, 6.45) is -2.79. The van der Waals surface area contributed by atoms with Crippen molar-refractivity contribution in [2.45, 2.75) is 43.8 Å². The number of aromatic nitrogens is 1. The molecule has 0 atom stereocenters. The summed E-state index contributed by atoms with van der Waals surface area (Å²) >= 11 is 0. The summed E-state index contributed by atoms with van der Waals surface area (Å²) < 4.78 is 70.6. The molecule has 3 rings (SSSR count). The zero-order valence-electron chi connectivity index (χ0n) is 16.5. The molecule has 1 aromatic carbocycles. The van der Waals surface area contributed by atoms with Crippen molar-refractivity contribution in [1.29, 1.82) is 0 Å². The molecular weight excluding hydrogens is 407 g/mol. The van der Waals surface area contributed by atoms with Crippen molar-refractivity contribution < 1.29 is 26.0 Å². The van der Waals surface area contributed by atoms with Crippen LogP contribution in [0.5, 0.6) is 0 Å². The maximum atomic E-state index is 12.7. The number of oxazole rings is 1. The summed E-state index contributed by atoms with van der Waals surface area (Å²) in [4.78, 5) is 6.19. The molecule has 10 heteroatoms. The number of benzene rings is 1. The molecule has 0 unspecified atom stereocenters. The van der Waals surface area contributed by atoms with Crippen LogP contribution in [0.4, 0.5) is 13.2 Å². The van der Waals surface area contributed by atoms with Gasteiger partial charge in [-0.05, 0) is 24.3 Å². The highest BCUT2D eigenvalue weighted by Crippen LogP contribution is 2.30. The number of nitrogens with zero attached hydrogens (tertiary/aromatic N) is 3. The summed E-state index contributed by atoms with van der Waals surface area (Å²) in [6, 6.07) is 3.59. The van der Waals surface area contributed by atoms with Crippen LogP contribution >= 0.6 is 0 Å². The van der Waals surface area contributed by atoms with E-state index >= 15 is 0 Å². The van der Waals surface area contributed by atoms with E-state index in [1.54, 1.807) is 6.20 Å².